The van der Waals surface area contributed by atoms with Crippen molar-refractivity contribution >= 4 is 27.3 Å². The van der Waals surface area contributed by atoms with Gasteiger partial charge in [-0.2, -0.15) is 4.31 Å². The van der Waals surface area contributed by atoms with Gasteiger partial charge in [0.1, 0.15) is 0 Å². The summed E-state index contributed by atoms with van der Waals surface area (Å²) in [5, 5.41) is 13.5. The van der Waals surface area contributed by atoms with Crippen LogP contribution in [0.2, 0.25) is 0 Å². The van der Waals surface area contributed by atoms with Gasteiger partial charge in [-0.25, -0.2) is 8.42 Å². The number of likely N-dealkylation sites (N-methyl/N-ethyl adjacent to an activating group) is 1. The average Bonchev–Trinajstić information content (AvgIpc) is 2.62. The number of non-ortho nitro benzene ring substituents is 1. The Morgan fingerprint density at radius 2 is 1.81 bits per heavy atom. The molecule has 0 aliphatic heterocycles. The zero-order valence-electron chi connectivity index (χ0n) is 15.2. The standard InChI is InChI=1S/C18H21N3O5S/c1-13(2)14-7-9-15(10-8-14)19-18(22)12-20(3)27(25,26)17-6-4-5-16(11-17)21(23)24/h4-11,13H,12H2,1-3H3,(H,19,22). The van der Waals surface area contributed by atoms with E-state index in [0.717, 1.165) is 15.9 Å². The molecule has 0 aliphatic rings. The van der Waals surface area contributed by atoms with Gasteiger partial charge in [0, 0.05) is 24.9 Å². The molecule has 0 radical (unpaired) electrons. The van der Waals surface area contributed by atoms with Crippen LogP contribution in [-0.4, -0.2) is 37.1 Å². The Balaban J connectivity index is 2.08. The molecule has 1 N–H and O–H groups in total. The van der Waals surface area contributed by atoms with Crippen molar-refractivity contribution in [3.8, 4) is 0 Å². The highest BCUT2D eigenvalue weighted by Gasteiger charge is 2.24. The molecule has 0 saturated heterocycles. The molecule has 2 aromatic carbocycles. The van der Waals surface area contributed by atoms with Crippen molar-refractivity contribution in [3.63, 3.8) is 0 Å². The van der Waals surface area contributed by atoms with Crippen molar-refractivity contribution in [3.05, 3.63) is 64.2 Å². The number of sulfonamides is 1. The highest BCUT2D eigenvalue weighted by atomic mass is 32.2. The largest absolute Gasteiger partial charge is 0.325 e. The Bertz CT molecular complexity index is 940. The number of hydrogen-bond acceptors (Lipinski definition) is 5. The van der Waals surface area contributed by atoms with Crippen molar-refractivity contribution in [2.75, 3.05) is 18.9 Å². The highest BCUT2D eigenvalue weighted by Crippen LogP contribution is 2.20. The van der Waals surface area contributed by atoms with Crippen LogP contribution in [0.5, 0.6) is 0 Å². The summed E-state index contributed by atoms with van der Waals surface area (Å²) >= 11 is 0. The van der Waals surface area contributed by atoms with Crippen molar-refractivity contribution in [2.45, 2.75) is 24.7 Å². The molecule has 0 spiro atoms. The molecule has 0 fully saturated rings. The maximum Gasteiger partial charge on any atom is 0.270 e. The Hall–Kier alpha value is -2.78. The van der Waals surface area contributed by atoms with E-state index >= 15 is 0 Å². The Morgan fingerprint density at radius 1 is 1.19 bits per heavy atom. The van der Waals surface area contributed by atoms with Crippen molar-refractivity contribution in [2.24, 2.45) is 0 Å². The molecule has 0 bridgehead atoms. The van der Waals surface area contributed by atoms with Crippen LogP contribution >= 0.6 is 0 Å². The van der Waals surface area contributed by atoms with Crippen LogP contribution in [0, 0.1) is 10.1 Å². The quantitative estimate of drug-likeness (QED) is 0.576. The molecule has 0 heterocycles. The number of carbonyl (C=O) groups excluding carboxylic acids is 1. The fourth-order valence-electron chi connectivity index (χ4n) is 2.38. The molecule has 0 atom stereocenters. The predicted octanol–water partition coefficient (Wildman–Crippen LogP) is 2.98. The first kappa shape index (κ1) is 20.5. The highest BCUT2D eigenvalue weighted by molar-refractivity contribution is 7.89. The van der Waals surface area contributed by atoms with Crippen LogP contribution in [0.15, 0.2) is 53.4 Å². The number of nitrogens with zero attached hydrogens (tertiary/aromatic N) is 2. The third-order valence-corrected chi connectivity index (χ3v) is 5.76. The lowest BCUT2D eigenvalue weighted by atomic mass is 10.0. The fraction of sp³-hybridized carbons (Fsp3) is 0.278. The Kier molecular flexibility index (Phi) is 6.29. The second-order valence-corrected chi connectivity index (χ2v) is 8.39. The molecule has 0 saturated carbocycles. The maximum absolute atomic E-state index is 12.5. The second-order valence-electron chi connectivity index (χ2n) is 6.34. The average molecular weight is 391 g/mol. The van der Waals surface area contributed by atoms with Gasteiger partial charge in [-0.1, -0.05) is 32.0 Å². The van der Waals surface area contributed by atoms with Crippen LogP contribution in [-0.2, 0) is 14.8 Å². The first-order chi connectivity index (χ1) is 12.6. The normalized spacial score (nSPS) is 11.6. The molecule has 144 valence electrons. The lowest BCUT2D eigenvalue weighted by Crippen LogP contribution is -2.35. The van der Waals surface area contributed by atoms with E-state index in [-0.39, 0.29) is 10.6 Å². The van der Waals surface area contributed by atoms with Crippen LogP contribution < -0.4 is 5.32 Å². The minimum Gasteiger partial charge on any atom is -0.325 e. The fourth-order valence-corrected chi connectivity index (χ4v) is 3.54. The lowest BCUT2D eigenvalue weighted by molar-refractivity contribution is -0.385. The number of rotatable bonds is 7. The molecule has 0 unspecified atom stereocenters. The topological polar surface area (TPSA) is 110 Å². The number of nitrogens with one attached hydrogen (secondary N) is 1. The second kappa shape index (κ2) is 8.28. The third-order valence-electron chi connectivity index (χ3n) is 3.96. The van der Waals surface area contributed by atoms with Crippen LogP contribution in [0.1, 0.15) is 25.3 Å². The molecule has 2 aromatic rings. The first-order valence-corrected chi connectivity index (χ1v) is 9.66. The number of nitro benzene ring substituents is 1. The number of amides is 1. The molecule has 8 nitrogen and oxygen atoms in total. The van der Waals surface area contributed by atoms with E-state index in [2.05, 4.69) is 19.2 Å². The van der Waals surface area contributed by atoms with Crippen LogP contribution in [0.3, 0.4) is 0 Å². The third kappa shape index (κ3) is 5.11. The molecule has 9 heteroatoms. The summed E-state index contributed by atoms with van der Waals surface area (Å²) in [6, 6.07) is 12.0. The number of anilines is 1. The number of benzene rings is 2. The van der Waals surface area contributed by atoms with Gasteiger partial charge in [-0.3, -0.25) is 14.9 Å². The number of nitro groups is 1. The SMILES string of the molecule is CC(C)c1ccc(NC(=O)CN(C)S(=O)(=O)c2cccc([N+](=O)[O-])c2)cc1. The molecule has 2 rings (SSSR count). The van der Waals surface area contributed by atoms with Gasteiger partial charge in [-0.05, 0) is 29.7 Å². The van der Waals surface area contributed by atoms with Crippen molar-refractivity contribution < 1.29 is 18.1 Å². The smallest absolute Gasteiger partial charge is 0.270 e. The zero-order chi connectivity index (χ0) is 20.2. The summed E-state index contributed by atoms with van der Waals surface area (Å²) in [6.07, 6.45) is 0. The van der Waals surface area contributed by atoms with Crippen molar-refractivity contribution in [1.82, 2.24) is 4.31 Å². The first-order valence-electron chi connectivity index (χ1n) is 8.22. The molecule has 0 aromatic heterocycles. The van der Waals surface area contributed by atoms with Gasteiger partial charge in [0.25, 0.3) is 5.69 Å². The van der Waals surface area contributed by atoms with E-state index in [0.29, 0.717) is 11.6 Å². The summed E-state index contributed by atoms with van der Waals surface area (Å²) in [5.74, 6) is -0.148. The summed E-state index contributed by atoms with van der Waals surface area (Å²) in [4.78, 5) is 22.1. The molecular formula is C18H21N3O5S. The van der Waals surface area contributed by atoms with Crippen molar-refractivity contribution in [1.29, 1.82) is 0 Å². The predicted molar refractivity (Wildman–Crippen MR) is 102 cm³/mol. The number of carbonyl (C=O) groups is 1. The summed E-state index contributed by atoms with van der Waals surface area (Å²) in [7, 11) is -2.79. The van der Waals surface area contributed by atoms with E-state index in [4.69, 9.17) is 0 Å². The molecular weight excluding hydrogens is 370 g/mol. The van der Waals surface area contributed by atoms with Crippen LogP contribution in [0.25, 0.3) is 0 Å². The minimum atomic E-state index is -4.03. The van der Waals surface area contributed by atoms with Crippen LogP contribution in [0.4, 0.5) is 11.4 Å². The monoisotopic (exact) mass is 391 g/mol. The van der Waals surface area contributed by atoms with Gasteiger partial charge in [0.15, 0.2) is 0 Å². The molecule has 0 aliphatic carbocycles. The van der Waals surface area contributed by atoms with Gasteiger partial charge in [-0.15, -0.1) is 0 Å². The summed E-state index contributed by atoms with van der Waals surface area (Å²) in [6.45, 7) is 3.69. The minimum absolute atomic E-state index is 0.242. The van der Waals surface area contributed by atoms with E-state index < -0.39 is 27.4 Å². The lowest BCUT2D eigenvalue weighted by Gasteiger charge is -2.17. The summed E-state index contributed by atoms with van der Waals surface area (Å²) in [5.41, 5.74) is 1.35. The van der Waals surface area contributed by atoms with E-state index in [1.807, 2.05) is 12.1 Å². The Morgan fingerprint density at radius 3 is 2.37 bits per heavy atom. The maximum atomic E-state index is 12.5. The van der Waals surface area contributed by atoms with Gasteiger partial charge in [0.05, 0.1) is 16.4 Å². The van der Waals surface area contributed by atoms with E-state index in [1.165, 1.54) is 25.2 Å². The van der Waals surface area contributed by atoms with Gasteiger partial charge >= 0.3 is 0 Å². The van der Waals surface area contributed by atoms with Gasteiger partial charge < -0.3 is 5.32 Å². The van der Waals surface area contributed by atoms with E-state index in [9.17, 15) is 23.3 Å². The van der Waals surface area contributed by atoms with E-state index in [1.54, 1.807) is 12.1 Å². The molecule has 1 amide bonds. The summed E-state index contributed by atoms with van der Waals surface area (Å²) < 4.78 is 25.9. The number of hydrogen-bond donors (Lipinski definition) is 1. The van der Waals surface area contributed by atoms with Gasteiger partial charge in [0.2, 0.25) is 15.9 Å². The zero-order valence-corrected chi connectivity index (χ0v) is 16.1. The molecule has 27 heavy (non-hydrogen) atoms. The Labute approximate surface area is 158 Å².